The molecule has 0 aliphatic rings. The summed E-state index contributed by atoms with van der Waals surface area (Å²) in [5.74, 6) is 0.600. The lowest BCUT2D eigenvalue weighted by Crippen LogP contribution is -2.28. The van der Waals surface area contributed by atoms with Crippen molar-refractivity contribution < 1.29 is 23.8 Å². The van der Waals surface area contributed by atoms with Crippen molar-refractivity contribution in [2.45, 2.75) is 19.1 Å². The summed E-state index contributed by atoms with van der Waals surface area (Å²) in [5.41, 5.74) is 3.11. The number of hydrogen-bond acceptors (Lipinski definition) is 6. The molecule has 0 spiro atoms. The van der Waals surface area contributed by atoms with Crippen molar-refractivity contribution in [2.24, 2.45) is 0 Å². The third-order valence-corrected chi connectivity index (χ3v) is 6.02. The van der Waals surface area contributed by atoms with E-state index >= 15 is 0 Å². The second-order valence-electron chi connectivity index (χ2n) is 8.63. The van der Waals surface area contributed by atoms with Gasteiger partial charge in [0, 0.05) is 17.3 Å². The average Bonchev–Trinajstić information content (AvgIpc) is 2.97. The lowest BCUT2D eigenvalue weighted by molar-refractivity contribution is 0.0262. The van der Waals surface area contributed by atoms with Crippen LogP contribution in [0.5, 0.6) is 11.5 Å². The number of ether oxygens (including phenoxy) is 3. The van der Waals surface area contributed by atoms with E-state index in [-0.39, 0.29) is 11.9 Å². The van der Waals surface area contributed by atoms with Crippen molar-refractivity contribution in [1.82, 2.24) is 0 Å². The van der Waals surface area contributed by atoms with E-state index in [2.05, 4.69) is 10.6 Å². The number of methoxy groups -OCH3 is 2. The Hall–Kier alpha value is -4.78. The molecule has 4 aromatic carbocycles. The van der Waals surface area contributed by atoms with Crippen LogP contribution in [0.4, 0.5) is 11.4 Å². The smallest absolute Gasteiger partial charge is 0.338 e. The lowest BCUT2D eigenvalue weighted by atomic mass is 10.0. The molecule has 7 nitrogen and oxygen atoms in total. The van der Waals surface area contributed by atoms with Gasteiger partial charge in [-0.25, -0.2) is 4.79 Å². The zero-order valence-corrected chi connectivity index (χ0v) is 21.5. The summed E-state index contributed by atoms with van der Waals surface area (Å²) in [6, 6.07) is 30.3. The summed E-state index contributed by atoms with van der Waals surface area (Å²) in [6.07, 6.45) is -0.615. The first-order chi connectivity index (χ1) is 18.5. The van der Waals surface area contributed by atoms with Crippen molar-refractivity contribution >= 4 is 23.3 Å². The van der Waals surface area contributed by atoms with Gasteiger partial charge in [0.15, 0.2) is 0 Å². The minimum atomic E-state index is -0.615. The van der Waals surface area contributed by atoms with Crippen LogP contribution in [-0.4, -0.2) is 32.1 Å². The Bertz CT molecular complexity index is 1360. The van der Waals surface area contributed by atoms with Crippen LogP contribution in [0.1, 0.15) is 39.3 Å². The summed E-state index contributed by atoms with van der Waals surface area (Å²) in [5, 5.41) is 6.30. The highest BCUT2D eigenvalue weighted by atomic mass is 16.5. The van der Waals surface area contributed by atoms with Crippen LogP contribution < -0.4 is 20.1 Å². The summed E-state index contributed by atoms with van der Waals surface area (Å²) in [6.45, 7) is 1.93. The number of esters is 1. The largest absolute Gasteiger partial charge is 0.497 e. The molecule has 4 aromatic rings. The van der Waals surface area contributed by atoms with Crippen molar-refractivity contribution in [2.75, 3.05) is 24.9 Å². The number of hydrogen-bond donors (Lipinski definition) is 2. The van der Waals surface area contributed by atoms with Gasteiger partial charge in [-0.3, -0.25) is 4.79 Å². The molecule has 0 saturated heterocycles. The second-order valence-corrected chi connectivity index (χ2v) is 8.63. The van der Waals surface area contributed by atoms with Gasteiger partial charge in [0.1, 0.15) is 17.6 Å². The molecule has 0 radical (unpaired) electrons. The Balaban J connectivity index is 1.55. The van der Waals surface area contributed by atoms with E-state index in [1.807, 2.05) is 61.5 Å². The number of amides is 1. The molecule has 0 heterocycles. The number of carbonyl (C=O) groups excluding carboxylic acids is 2. The standard InChI is InChI=1S/C31H30N2O5/c1-21(29(22-14-17-26(36-2)18-15-22)38-31(35)24-12-8-5-9-13-24)32-27-19-16-25(20-28(27)37-3)33-30(34)23-10-6-4-7-11-23/h4-21,29,32H,1-3H3,(H,33,34). The number of rotatable bonds is 10. The zero-order chi connectivity index (χ0) is 26.9. The molecule has 0 saturated carbocycles. The molecule has 2 unspecified atom stereocenters. The molecule has 4 rings (SSSR count). The number of carbonyl (C=O) groups is 2. The molecule has 194 valence electrons. The minimum absolute atomic E-state index is 0.214. The predicted octanol–water partition coefficient (Wildman–Crippen LogP) is 6.35. The van der Waals surface area contributed by atoms with Crippen molar-refractivity contribution in [3.8, 4) is 11.5 Å². The first kappa shape index (κ1) is 26.3. The second kappa shape index (κ2) is 12.5. The van der Waals surface area contributed by atoms with E-state index < -0.39 is 12.1 Å². The Morgan fingerprint density at radius 1 is 0.737 bits per heavy atom. The van der Waals surface area contributed by atoms with Gasteiger partial charge in [-0.15, -0.1) is 0 Å². The Morgan fingerprint density at radius 2 is 1.37 bits per heavy atom. The lowest BCUT2D eigenvalue weighted by Gasteiger charge is -2.27. The highest BCUT2D eigenvalue weighted by Crippen LogP contribution is 2.32. The predicted molar refractivity (Wildman–Crippen MR) is 148 cm³/mol. The fourth-order valence-electron chi connectivity index (χ4n) is 4.01. The van der Waals surface area contributed by atoms with Crippen LogP contribution >= 0.6 is 0 Å². The third kappa shape index (κ3) is 6.50. The van der Waals surface area contributed by atoms with Crippen LogP contribution in [0.2, 0.25) is 0 Å². The zero-order valence-electron chi connectivity index (χ0n) is 21.5. The monoisotopic (exact) mass is 510 g/mol. The number of nitrogens with one attached hydrogen (secondary N) is 2. The summed E-state index contributed by atoms with van der Waals surface area (Å²) < 4.78 is 16.9. The van der Waals surface area contributed by atoms with E-state index in [1.54, 1.807) is 62.8 Å². The SMILES string of the molecule is COc1ccc(C(OC(=O)c2ccccc2)C(C)Nc2ccc(NC(=O)c3ccccc3)cc2OC)cc1. The summed E-state index contributed by atoms with van der Waals surface area (Å²) >= 11 is 0. The normalized spacial score (nSPS) is 12.1. The fourth-order valence-corrected chi connectivity index (χ4v) is 4.01. The van der Waals surface area contributed by atoms with E-state index in [9.17, 15) is 9.59 Å². The fraction of sp³-hybridized carbons (Fsp3) is 0.161. The first-order valence-corrected chi connectivity index (χ1v) is 12.2. The molecular weight excluding hydrogens is 480 g/mol. The number of anilines is 2. The molecule has 1 amide bonds. The van der Waals surface area contributed by atoms with Crippen LogP contribution in [0.3, 0.4) is 0 Å². The topological polar surface area (TPSA) is 85.9 Å². The van der Waals surface area contributed by atoms with E-state index in [1.165, 1.54) is 0 Å². The summed E-state index contributed by atoms with van der Waals surface area (Å²) in [4.78, 5) is 25.5. The van der Waals surface area contributed by atoms with Crippen LogP contribution in [-0.2, 0) is 4.74 Å². The van der Waals surface area contributed by atoms with Gasteiger partial charge < -0.3 is 24.8 Å². The molecule has 0 aromatic heterocycles. The van der Waals surface area contributed by atoms with Gasteiger partial charge in [-0.1, -0.05) is 48.5 Å². The molecule has 38 heavy (non-hydrogen) atoms. The van der Waals surface area contributed by atoms with Crippen LogP contribution in [0.15, 0.2) is 103 Å². The maximum absolute atomic E-state index is 13.0. The van der Waals surface area contributed by atoms with Crippen LogP contribution in [0, 0.1) is 0 Å². The van der Waals surface area contributed by atoms with Crippen molar-refractivity contribution in [3.05, 3.63) is 120 Å². The molecule has 2 atom stereocenters. The molecule has 0 fully saturated rings. The maximum atomic E-state index is 13.0. The van der Waals surface area contributed by atoms with Gasteiger partial charge >= 0.3 is 5.97 Å². The van der Waals surface area contributed by atoms with E-state index in [4.69, 9.17) is 14.2 Å². The molecule has 0 aliphatic heterocycles. The van der Waals surface area contributed by atoms with Gasteiger partial charge in [0.05, 0.1) is 31.5 Å². The summed E-state index contributed by atoms with van der Waals surface area (Å²) in [7, 11) is 3.16. The van der Waals surface area contributed by atoms with Gasteiger partial charge in [-0.2, -0.15) is 0 Å². The quantitative estimate of drug-likeness (QED) is 0.242. The molecule has 7 heteroatoms. The van der Waals surface area contributed by atoms with E-state index in [0.29, 0.717) is 34.0 Å². The van der Waals surface area contributed by atoms with Crippen LogP contribution in [0.25, 0.3) is 0 Å². The van der Waals surface area contributed by atoms with Crippen molar-refractivity contribution in [1.29, 1.82) is 0 Å². The Labute approximate surface area is 222 Å². The Kier molecular flexibility index (Phi) is 8.61. The average molecular weight is 511 g/mol. The van der Waals surface area contributed by atoms with Gasteiger partial charge in [0.25, 0.3) is 5.91 Å². The number of benzene rings is 4. The van der Waals surface area contributed by atoms with Crippen molar-refractivity contribution in [3.63, 3.8) is 0 Å². The molecule has 0 bridgehead atoms. The molecular formula is C31H30N2O5. The first-order valence-electron chi connectivity index (χ1n) is 12.2. The maximum Gasteiger partial charge on any atom is 0.338 e. The Morgan fingerprint density at radius 3 is 1.97 bits per heavy atom. The molecule has 2 N–H and O–H groups in total. The highest BCUT2D eigenvalue weighted by molar-refractivity contribution is 6.04. The highest BCUT2D eigenvalue weighted by Gasteiger charge is 2.25. The third-order valence-electron chi connectivity index (χ3n) is 6.02. The van der Waals surface area contributed by atoms with Gasteiger partial charge in [-0.05, 0) is 61.0 Å². The minimum Gasteiger partial charge on any atom is -0.497 e. The molecule has 0 aliphatic carbocycles. The van der Waals surface area contributed by atoms with Gasteiger partial charge in [0.2, 0.25) is 0 Å². The van der Waals surface area contributed by atoms with E-state index in [0.717, 1.165) is 5.56 Å².